The smallest absolute Gasteiger partial charge is 0.245 e. The minimum Gasteiger partial charge on any atom is -0.359 e. The average molecular weight is 279 g/mol. The summed E-state index contributed by atoms with van der Waals surface area (Å²) in [6, 6.07) is 1.81. The maximum atomic E-state index is 12.4. The highest BCUT2D eigenvalue weighted by atomic mass is 16.5. The third-order valence-corrected chi connectivity index (χ3v) is 4.41. The highest BCUT2D eigenvalue weighted by Gasteiger charge is 2.72. The molecule has 7 heteroatoms. The van der Waals surface area contributed by atoms with Crippen molar-refractivity contribution in [1.29, 1.82) is 5.26 Å². The molecule has 20 heavy (non-hydrogen) atoms. The Hall–Kier alpha value is -1.94. The summed E-state index contributed by atoms with van der Waals surface area (Å²) in [6.07, 6.45) is 1.18. The fraction of sp³-hybridized carbons (Fsp3) is 0.692. The molecule has 0 radical (unpaired) electrons. The first-order valence-electron chi connectivity index (χ1n) is 6.51. The van der Waals surface area contributed by atoms with E-state index in [0.717, 1.165) is 0 Å². The predicted octanol–water partition coefficient (Wildman–Crippen LogP) is -0.322. The molecular weight excluding hydrogens is 262 g/mol. The molecule has 4 atom stereocenters. The fourth-order valence-corrected chi connectivity index (χ4v) is 3.37. The highest BCUT2D eigenvalue weighted by Crippen LogP contribution is 2.52. The van der Waals surface area contributed by atoms with E-state index in [9.17, 15) is 19.6 Å². The van der Waals surface area contributed by atoms with Crippen molar-refractivity contribution in [3.8, 4) is 6.07 Å². The topological polar surface area (TPSA) is 108 Å². The number of nitrogens with zero attached hydrogens (tertiary/aromatic N) is 1. The molecule has 2 saturated heterocycles. The van der Waals surface area contributed by atoms with Crippen LogP contribution in [0.2, 0.25) is 0 Å². The first-order valence-corrected chi connectivity index (χ1v) is 6.51. The van der Waals surface area contributed by atoms with Crippen molar-refractivity contribution in [2.45, 2.75) is 32.4 Å². The number of rotatable bonds is 3. The monoisotopic (exact) mass is 279 g/mol. The van der Waals surface area contributed by atoms with Gasteiger partial charge in [0.15, 0.2) is 5.41 Å². The molecule has 2 heterocycles. The van der Waals surface area contributed by atoms with Crippen molar-refractivity contribution < 1.29 is 19.1 Å². The van der Waals surface area contributed by atoms with Crippen molar-refractivity contribution in [1.82, 2.24) is 10.6 Å². The van der Waals surface area contributed by atoms with E-state index in [1.165, 1.54) is 7.11 Å². The van der Waals surface area contributed by atoms with Gasteiger partial charge in [-0.25, -0.2) is 0 Å². The minimum atomic E-state index is -1.69. The molecule has 0 saturated carbocycles. The molecule has 0 aromatic rings. The van der Waals surface area contributed by atoms with Gasteiger partial charge in [0.25, 0.3) is 0 Å². The molecule has 7 nitrogen and oxygen atoms in total. The van der Waals surface area contributed by atoms with Gasteiger partial charge >= 0.3 is 0 Å². The first-order chi connectivity index (χ1) is 9.38. The lowest BCUT2D eigenvalue weighted by molar-refractivity contribution is -0.143. The van der Waals surface area contributed by atoms with Crippen LogP contribution in [0.1, 0.15) is 26.7 Å². The van der Waals surface area contributed by atoms with Gasteiger partial charge in [0.05, 0.1) is 6.07 Å². The zero-order chi connectivity index (χ0) is 15.1. The quantitative estimate of drug-likeness (QED) is 0.543. The summed E-state index contributed by atoms with van der Waals surface area (Å²) in [7, 11) is 1.43. The van der Waals surface area contributed by atoms with Crippen LogP contribution in [0.3, 0.4) is 0 Å². The van der Waals surface area contributed by atoms with Crippen LogP contribution in [0.4, 0.5) is 0 Å². The minimum absolute atomic E-state index is 0.488. The summed E-state index contributed by atoms with van der Waals surface area (Å²) >= 11 is 0. The zero-order valence-electron chi connectivity index (χ0n) is 11.6. The Balaban J connectivity index is 2.63. The van der Waals surface area contributed by atoms with E-state index in [1.54, 1.807) is 6.92 Å². The molecule has 2 N–H and O–H groups in total. The summed E-state index contributed by atoms with van der Waals surface area (Å²) in [5.41, 5.74) is -2.75. The Labute approximate surface area is 116 Å². The van der Waals surface area contributed by atoms with Crippen LogP contribution in [0.5, 0.6) is 0 Å². The largest absolute Gasteiger partial charge is 0.359 e. The molecule has 3 amide bonds. The van der Waals surface area contributed by atoms with Gasteiger partial charge in [-0.2, -0.15) is 5.26 Å². The maximum Gasteiger partial charge on any atom is 0.245 e. The predicted molar refractivity (Wildman–Crippen MR) is 66.6 cm³/mol. The lowest BCUT2D eigenvalue weighted by Crippen LogP contribution is -2.48. The normalized spacial score (nSPS) is 39.8. The van der Waals surface area contributed by atoms with Crippen LogP contribution in [-0.2, 0) is 19.1 Å². The number of carbonyl (C=O) groups is 3. The van der Waals surface area contributed by atoms with Crippen LogP contribution in [-0.4, -0.2) is 30.6 Å². The van der Waals surface area contributed by atoms with Gasteiger partial charge < -0.3 is 10.1 Å². The van der Waals surface area contributed by atoms with Gasteiger partial charge in [0, 0.05) is 13.0 Å². The Bertz CT molecular complexity index is 526. The lowest BCUT2D eigenvalue weighted by Gasteiger charge is -2.34. The van der Waals surface area contributed by atoms with Crippen molar-refractivity contribution in [2.24, 2.45) is 17.3 Å². The number of nitriles is 1. The van der Waals surface area contributed by atoms with E-state index in [0.29, 0.717) is 12.8 Å². The second kappa shape index (κ2) is 4.56. The molecule has 108 valence electrons. The van der Waals surface area contributed by atoms with Crippen molar-refractivity contribution in [3.63, 3.8) is 0 Å². The highest BCUT2D eigenvalue weighted by molar-refractivity contribution is 6.20. The summed E-state index contributed by atoms with van der Waals surface area (Å²) < 4.78 is 5.36. The van der Waals surface area contributed by atoms with Crippen LogP contribution < -0.4 is 10.6 Å². The second-order valence-corrected chi connectivity index (χ2v) is 5.36. The van der Waals surface area contributed by atoms with Gasteiger partial charge in [-0.1, -0.05) is 13.3 Å². The molecule has 2 aliphatic rings. The average Bonchev–Trinajstić information content (AvgIpc) is 2.78. The Morgan fingerprint density at radius 3 is 2.50 bits per heavy atom. The summed E-state index contributed by atoms with van der Waals surface area (Å²) in [5.74, 6) is -3.92. The number of nitrogens with one attached hydrogen (secondary N) is 2. The number of methoxy groups -OCH3 is 1. The number of amides is 3. The third kappa shape index (κ3) is 1.51. The molecule has 0 aromatic heterocycles. The SMILES string of the molecule is CCCC1C(C)(OC)NC(=O)C12C(=O)NC(=O)C2C#N. The Morgan fingerprint density at radius 2 is 2.00 bits per heavy atom. The van der Waals surface area contributed by atoms with Crippen LogP contribution in [0.25, 0.3) is 0 Å². The zero-order valence-corrected chi connectivity index (χ0v) is 11.6. The number of ether oxygens (including phenoxy) is 1. The fourth-order valence-electron chi connectivity index (χ4n) is 3.37. The summed E-state index contributed by atoms with van der Waals surface area (Å²) in [5, 5.41) is 14.0. The van der Waals surface area contributed by atoms with Gasteiger partial charge in [0.1, 0.15) is 11.6 Å². The van der Waals surface area contributed by atoms with Crippen LogP contribution >= 0.6 is 0 Å². The second-order valence-electron chi connectivity index (χ2n) is 5.36. The number of carbonyl (C=O) groups excluding carboxylic acids is 3. The number of hydrogen-bond acceptors (Lipinski definition) is 5. The van der Waals surface area contributed by atoms with E-state index < -0.39 is 40.7 Å². The van der Waals surface area contributed by atoms with Gasteiger partial charge in [0.2, 0.25) is 17.7 Å². The van der Waals surface area contributed by atoms with Crippen LogP contribution in [0.15, 0.2) is 0 Å². The van der Waals surface area contributed by atoms with E-state index in [4.69, 9.17) is 4.74 Å². The molecule has 1 spiro atoms. The van der Waals surface area contributed by atoms with Gasteiger partial charge in [-0.05, 0) is 13.3 Å². The molecule has 0 bridgehead atoms. The van der Waals surface area contributed by atoms with E-state index in [2.05, 4.69) is 10.6 Å². The molecule has 0 aromatic carbocycles. The first kappa shape index (κ1) is 14.5. The van der Waals surface area contributed by atoms with Crippen molar-refractivity contribution >= 4 is 17.7 Å². The van der Waals surface area contributed by atoms with Crippen molar-refractivity contribution in [2.75, 3.05) is 7.11 Å². The molecule has 2 fully saturated rings. The lowest BCUT2D eigenvalue weighted by atomic mass is 9.65. The molecule has 2 aliphatic heterocycles. The number of hydrogen-bond donors (Lipinski definition) is 2. The Morgan fingerprint density at radius 1 is 1.35 bits per heavy atom. The van der Waals surface area contributed by atoms with Gasteiger partial charge in [-0.3, -0.25) is 19.7 Å². The maximum absolute atomic E-state index is 12.4. The van der Waals surface area contributed by atoms with Gasteiger partial charge in [-0.15, -0.1) is 0 Å². The summed E-state index contributed by atoms with van der Waals surface area (Å²) in [6.45, 7) is 3.56. The standard InChI is InChI=1S/C13H17N3O4/c1-4-5-8-12(2,20-3)16-11(19)13(8)7(6-14)9(17)15-10(13)18/h7-8H,4-5H2,1-3H3,(H,16,19)(H,15,17,18). The summed E-state index contributed by atoms with van der Waals surface area (Å²) in [4.78, 5) is 36.5. The van der Waals surface area contributed by atoms with E-state index in [-0.39, 0.29) is 0 Å². The third-order valence-electron chi connectivity index (χ3n) is 4.41. The molecular formula is C13H17N3O4. The number of imide groups is 1. The van der Waals surface area contributed by atoms with Crippen LogP contribution in [0, 0.1) is 28.6 Å². The van der Waals surface area contributed by atoms with Crippen molar-refractivity contribution in [3.05, 3.63) is 0 Å². The molecule has 4 unspecified atom stereocenters. The molecule has 0 aliphatic carbocycles. The van der Waals surface area contributed by atoms with E-state index >= 15 is 0 Å². The molecule has 2 rings (SSSR count). The Kier molecular flexibility index (Phi) is 3.30. The van der Waals surface area contributed by atoms with E-state index in [1.807, 2.05) is 13.0 Å².